The minimum absolute atomic E-state index is 0.0107. The summed E-state index contributed by atoms with van der Waals surface area (Å²) >= 11 is 0. The predicted octanol–water partition coefficient (Wildman–Crippen LogP) is 1.32. The van der Waals surface area contributed by atoms with E-state index in [0.29, 0.717) is 25.4 Å². The molecule has 1 fully saturated rings. The van der Waals surface area contributed by atoms with Crippen molar-refractivity contribution >= 4 is 11.8 Å². The maximum absolute atomic E-state index is 11.8. The second-order valence-corrected chi connectivity index (χ2v) is 7.01. The van der Waals surface area contributed by atoms with Gasteiger partial charge in [0.25, 0.3) is 0 Å². The summed E-state index contributed by atoms with van der Waals surface area (Å²) in [7, 11) is 0. The van der Waals surface area contributed by atoms with Crippen LogP contribution in [-0.4, -0.2) is 42.9 Å². The molecule has 0 radical (unpaired) electrons. The number of hydrogen-bond donors (Lipinski definition) is 2. The Morgan fingerprint density at radius 3 is 2.67 bits per heavy atom. The zero-order chi connectivity index (χ0) is 16.9. The third kappa shape index (κ3) is 4.57. The van der Waals surface area contributed by atoms with Crippen molar-refractivity contribution in [3.63, 3.8) is 0 Å². The second-order valence-electron chi connectivity index (χ2n) is 7.01. The molecule has 3 rings (SSSR count). The number of carbonyl (C=O) groups is 2. The number of carbonyl (C=O) groups excluding carboxylic acids is 2. The average molecular weight is 329 g/mol. The highest BCUT2D eigenvalue weighted by Gasteiger charge is 2.38. The van der Waals surface area contributed by atoms with Crippen LogP contribution in [0.5, 0.6) is 0 Å². The Bertz CT molecular complexity index is 602. The fourth-order valence-corrected chi connectivity index (χ4v) is 3.30. The fourth-order valence-electron chi connectivity index (χ4n) is 3.30. The molecule has 1 aliphatic carbocycles. The molecular formula is C19H27N3O2. The number of hydrogen-bond acceptors (Lipinski definition) is 3. The molecule has 24 heavy (non-hydrogen) atoms. The first-order valence-electron chi connectivity index (χ1n) is 8.97. The highest BCUT2D eigenvalue weighted by atomic mass is 16.2. The number of amides is 2. The van der Waals surface area contributed by atoms with Crippen LogP contribution in [0.1, 0.15) is 30.9 Å². The van der Waals surface area contributed by atoms with Crippen molar-refractivity contribution in [1.82, 2.24) is 15.5 Å². The zero-order valence-electron chi connectivity index (χ0n) is 14.4. The van der Waals surface area contributed by atoms with E-state index in [1.807, 2.05) is 0 Å². The smallest absolute Gasteiger partial charge is 0.223 e. The molecule has 2 aliphatic rings. The summed E-state index contributed by atoms with van der Waals surface area (Å²) in [5, 5.41) is 5.80. The maximum atomic E-state index is 11.8. The Hall–Kier alpha value is -1.88. The minimum atomic E-state index is 0.0107. The normalized spacial score (nSPS) is 22.5. The Morgan fingerprint density at radius 1 is 1.17 bits per heavy atom. The van der Waals surface area contributed by atoms with Gasteiger partial charge in [-0.05, 0) is 29.9 Å². The monoisotopic (exact) mass is 329 g/mol. The standard InChI is InChI=1S/C19H27N3O2/c1-14-12-17(14)19(24)21-8-6-18(23)20-9-11-22-10-7-15-4-2-3-5-16(15)13-22/h2-5,14,17H,6-13H2,1H3,(H,20,23)(H,21,24)/t14-,17+/m1/s1. The van der Waals surface area contributed by atoms with Gasteiger partial charge < -0.3 is 10.6 Å². The van der Waals surface area contributed by atoms with Crippen LogP contribution in [0, 0.1) is 11.8 Å². The molecule has 2 amide bonds. The SMILES string of the molecule is C[C@@H]1C[C@@H]1C(=O)NCCC(=O)NCCN1CCc2ccccc2C1. The molecule has 2 N–H and O–H groups in total. The Labute approximate surface area is 143 Å². The fraction of sp³-hybridized carbons (Fsp3) is 0.579. The van der Waals surface area contributed by atoms with Gasteiger partial charge in [-0.15, -0.1) is 0 Å². The van der Waals surface area contributed by atoms with E-state index in [4.69, 9.17) is 0 Å². The van der Waals surface area contributed by atoms with E-state index in [1.165, 1.54) is 11.1 Å². The van der Waals surface area contributed by atoms with Gasteiger partial charge in [0.1, 0.15) is 0 Å². The molecule has 0 saturated heterocycles. The van der Waals surface area contributed by atoms with Crippen LogP contribution in [0.25, 0.3) is 0 Å². The van der Waals surface area contributed by atoms with Crippen molar-refractivity contribution in [3.8, 4) is 0 Å². The van der Waals surface area contributed by atoms with Gasteiger partial charge in [-0.2, -0.15) is 0 Å². The number of fused-ring (bicyclic) bond motifs is 1. The first-order chi connectivity index (χ1) is 11.6. The van der Waals surface area contributed by atoms with Crippen LogP contribution in [0.2, 0.25) is 0 Å². The molecule has 0 spiro atoms. The molecule has 0 aromatic heterocycles. The Morgan fingerprint density at radius 2 is 1.92 bits per heavy atom. The first kappa shape index (κ1) is 17.0. The minimum Gasteiger partial charge on any atom is -0.355 e. The van der Waals surface area contributed by atoms with Gasteiger partial charge >= 0.3 is 0 Å². The predicted molar refractivity (Wildman–Crippen MR) is 93.3 cm³/mol. The zero-order valence-corrected chi connectivity index (χ0v) is 14.4. The summed E-state index contributed by atoms with van der Waals surface area (Å²) in [6.07, 6.45) is 2.42. The van der Waals surface area contributed by atoms with Crippen molar-refractivity contribution in [2.75, 3.05) is 26.2 Å². The first-order valence-corrected chi connectivity index (χ1v) is 8.97. The Balaban J connectivity index is 1.28. The van der Waals surface area contributed by atoms with Gasteiger partial charge in [0.2, 0.25) is 11.8 Å². The molecule has 1 aromatic rings. The van der Waals surface area contributed by atoms with Crippen LogP contribution < -0.4 is 10.6 Å². The van der Waals surface area contributed by atoms with E-state index in [9.17, 15) is 9.59 Å². The van der Waals surface area contributed by atoms with Crippen LogP contribution >= 0.6 is 0 Å². The van der Waals surface area contributed by atoms with Crippen molar-refractivity contribution in [2.45, 2.75) is 32.7 Å². The van der Waals surface area contributed by atoms with E-state index >= 15 is 0 Å². The quantitative estimate of drug-likeness (QED) is 0.793. The number of benzene rings is 1. The van der Waals surface area contributed by atoms with Gasteiger partial charge in [-0.3, -0.25) is 14.5 Å². The molecule has 0 bridgehead atoms. The highest BCUT2D eigenvalue weighted by molar-refractivity contribution is 5.82. The molecule has 1 aliphatic heterocycles. The van der Waals surface area contributed by atoms with Crippen LogP contribution in [-0.2, 0) is 22.6 Å². The molecule has 1 heterocycles. The van der Waals surface area contributed by atoms with E-state index in [1.54, 1.807) is 0 Å². The third-order valence-corrected chi connectivity index (χ3v) is 5.06. The lowest BCUT2D eigenvalue weighted by atomic mass is 10.00. The summed E-state index contributed by atoms with van der Waals surface area (Å²) < 4.78 is 0. The number of nitrogens with zero attached hydrogens (tertiary/aromatic N) is 1. The summed E-state index contributed by atoms with van der Waals surface area (Å²) in [6, 6.07) is 8.56. The molecule has 2 atom stereocenters. The lowest BCUT2D eigenvalue weighted by Gasteiger charge is -2.28. The van der Waals surface area contributed by atoms with Crippen LogP contribution in [0.4, 0.5) is 0 Å². The summed E-state index contributed by atoms with van der Waals surface area (Å²) in [4.78, 5) is 25.9. The van der Waals surface area contributed by atoms with Gasteiger partial charge in [0.15, 0.2) is 0 Å². The lowest BCUT2D eigenvalue weighted by molar-refractivity contribution is -0.123. The Kier molecular flexibility index (Phi) is 5.51. The number of nitrogens with one attached hydrogen (secondary N) is 2. The molecule has 0 unspecified atom stereocenters. The molecule has 5 heteroatoms. The molecule has 5 nitrogen and oxygen atoms in total. The lowest BCUT2D eigenvalue weighted by Crippen LogP contribution is -2.38. The van der Waals surface area contributed by atoms with E-state index in [0.717, 1.165) is 32.5 Å². The van der Waals surface area contributed by atoms with E-state index in [2.05, 4.69) is 46.7 Å². The van der Waals surface area contributed by atoms with Crippen molar-refractivity contribution in [3.05, 3.63) is 35.4 Å². The van der Waals surface area contributed by atoms with Crippen LogP contribution in [0.3, 0.4) is 0 Å². The number of rotatable bonds is 7. The summed E-state index contributed by atoms with van der Waals surface area (Å²) in [5.74, 6) is 0.794. The molecule has 1 aromatic carbocycles. The molecular weight excluding hydrogens is 302 g/mol. The van der Waals surface area contributed by atoms with Gasteiger partial charge in [0.05, 0.1) is 0 Å². The summed E-state index contributed by atoms with van der Waals surface area (Å²) in [6.45, 7) is 6.05. The maximum Gasteiger partial charge on any atom is 0.223 e. The van der Waals surface area contributed by atoms with Crippen molar-refractivity contribution in [2.24, 2.45) is 11.8 Å². The highest BCUT2D eigenvalue weighted by Crippen LogP contribution is 2.37. The van der Waals surface area contributed by atoms with Crippen molar-refractivity contribution in [1.29, 1.82) is 0 Å². The largest absolute Gasteiger partial charge is 0.355 e. The molecule has 1 saturated carbocycles. The average Bonchev–Trinajstić information content (AvgIpc) is 3.31. The van der Waals surface area contributed by atoms with Crippen LogP contribution in [0.15, 0.2) is 24.3 Å². The second kappa shape index (κ2) is 7.79. The van der Waals surface area contributed by atoms with Gasteiger partial charge in [-0.25, -0.2) is 0 Å². The van der Waals surface area contributed by atoms with E-state index < -0.39 is 0 Å². The third-order valence-electron chi connectivity index (χ3n) is 5.06. The molecule has 130 valence electrons. The van der Waals surface area contributed by atoms with Crippen molar-refractivity contribution < 1.29 is 9.59 Å². The van der Waals surface area contributed by atoms with Gasteiger partial charge in [0, 0.05) is 45.1 Å². The van der Waals surface area contributed by atoms with E-state index in [-0.39, 0.29) is 17.7 Å². The van der Waals surface area contributed by atoms with Gasteiger partial charge in [-0.1, -0.05) is 31.2 Å². The topological polar surface area (TPSA) is 61.4 Å². The summed E-state index contributed by atoms with van der Waals surface area (Å²) in [5.41, 5.74) is 2.84.